The molecule has 2 rings (SSSR count). The van der Waals surface area contributed by atoms with Crippen molar-refractivity contribution < 1.29 is 5.21 Å². The lowest BCUT2D eigenvalue weighted by Gasteiger charge is -2.15. The number of thioether (sulfide) groups is 1. The SMILES string of the molecule is Cc1nnc(SC2CCC=CCCC=CCCC2=NO)s1. The summed E-state index contributed by atoms with van der Waals surface area (Å²) in [6.45, 7) is 1.96. The van der Waals surface area contributed by atoms with Crippen molar-refractivity contribution in [1.82, 2.24) is 10.2 Å². The first-order chi connectivity index (χ1) is 10.3. The van der Waals surface area contributed by atoms with Gasteiger partial charge in [-0.2, -0.15) is 0 Å². The highest BCUT2D eigenvalue weighted by Gasteiger charge is 2.19. The number of allylic oxidation sites excluding steroid dienone is 4. The van der Waals surface area contributed by atoms with E-state index in [2.05, 4.69) is 39.7 Å². The largest absolute Gasteiger partial charge is 0.411 e. The second-order valence-electron chi connectivity index (χ2n) is 4.92. The van der Waals surface area contributed by atoms with Crippen molar-refractivity contribution >= 4 is 28.8 Å². The van der Waals surface area contributed by atoms with E-state index in [1.54, 1.807) is 23.1 Å². The molecule has 1 N–H and O–H groups in total. The molecule has 0 saturated carbocycles. The van der Waals surface area contributed by atoms with E-state index in [1.807, 2.05) is 6.92 Å². The topological polar surface area (TPSA) is 58.4 Å². The van der Waals surface area contributed by atoms with E-state index < -0.39 is 0 Å². The first kappa shape index (κ1) is 16.2. The van der Waals surface area contributed by atoms with Gasteiger partial charge in [0.15, 0.2) is 4.34 Å². The zero-order valence-corrected chi connectivity index (χ0v) is 13.9. The maximum absolute atomic E-state index is 9.35. The zero-order valence-electron chi connectivity index (χ0n) is 12.2. The van der Waals surface area contributed by atoms with Crippen molar-refractivity contribution in [3.05, 3.63) is 29.3 Å². The Kier molecular flexibility index (Phi) is 6.95. The molecule has 114 valence electrons. The minimum absolute atomic E-state index is 0.167. The fraction of sp³-hybridized carbons (Fsp3) is 0.533. The van der Waals surface area contributed by atoms with Crippen molar-refractivity contribution in [3.8, 4) is 0 Å². The minimum atomic E-state index is 0.167. The van der Waals surface area contributed by atoms with Crippen LogP contribution in [0.3, 0.4) is 0 Å². The van der Waals surface area contributed by atoms with Gasteiger partial charge in [0.1, 0.15) is 5.01 Å². The summed E-state index contributed by atoms with van der Waals surface area (Å²) in [5.41, 5.74) is 0.853. The number of aryl methyl sites for hydroxylation is 1. The molecule has 1 unspecified atom stereocenters. The maximum Gasteiger partial charge on any atom is 0.174 e. The number of aromatic nitrogens is 2. The van der Waals surface area contributed by atoms with E-state index in [1.165, 1.54) is 0 Å². The highest BCUT2D eigenvalue weighted by molar-refractivity contribution is 8.02. The number of nitrogens with zero attached hydrogens (tertiary/aromatic N) is 3. The summed E-state index contributed by atoms with van der Waals surface area (Å²) in [7, 11) is 0. The molecule has 1 aliphatic rings. The number of hydrogen-bond acceptors (Lipinski definition) is 6. The normalized spacial score (nSPS) is 22.9. The molecular weight excluding hydrogens is 302 g/mol. The van der Waals surface area contributed by atoms with Crippen LogP contribution in [0.15, 0.2) is 33.8 Å². The molecule has 0 fully saturated rings. The van der Waals surface area contributed by atoms with Gasteiger partial charge in [-0.05, 0) is 45.4 Å². The molecule has 0 radical (unpaired) electrons. The molecule has 0 amide bonds. The van der Waals surface area contributed by atoms with E-state index in [0.29, 0.717) is 0 Å². The third kappa shape index (κ3) is 5.63. The van der Waals surface area contributed by atoms with E-state index in [-0.39, 0.29) is 5.25 Å². The summed E-state index contributed by atoms with van der Waals surface area (Å²) in [4.78, 5) is 0. The molecule has 0 aromatic carbocycles. The van der Waals surface area contributed by atoms with Crippen LogP contribution in [0.2, 0.25) is 0 Å². The predicted molar refractivity (Wildman–Crippen MR) is 89.5 cm³/mol. The summed E-state index contributed by atoms with van der Waals surface area (Å²) in [6, 6.07) is 0. The molecule has 1 atom stereocenters. The van der Waals surface area contributed by atoms with Gasteiger partial charge in [-0.15, -0.1) is 10.2 Å². The Morgan fingerprint density at radius 3 is 2.52 bits per heavy atom. The second kappa shape index (κ2) is 9.00. The van der Waals surface area contributed by atoms with Crippen molar-refractivity contribution in [2.75, 3.05) is 0 Å². The van der Waals surface area contributed by atoms with Crippen LogP contribution in [0.4, 0.5) is 0 Å². The molecule has 1 aromatic rings. The van der Waals surface area contributed by atoms with Gasteiger partial charge in [0, 0.05) is 0 Å². The van der Waals surface area contributed by atoms with Crippen molar-refractivity contribution in [2.24, 2.45) is 5.16 Å². The van der Waals surface area contributed by atoms with Crippen LogP contribution >= 0.6 is 23.1 Å². The molecule has 4 nitrogen and oxygen atoms in total. The predicted octanol–water partition coefficient (Wildman–Crippen LogP) is 4.60. The van der Waals surface area contributed by atoms with Gasteiger partial charge in [-0.3, -0.25) is 0 Å². The van der Waals surface area contributed by atoms with E-state index in [0.717, 1.165) is 53.6 Å². The Hall–Kier alpha value is -1.14. The van der Waals surface area contributed by atoms with Crippen molar-refractivity contribution in [2.45, 2.75) is 55.0 Å². The van der Waals surface area contributed by atoms with Crippen LogP contribution in [0, 0.1) is 6.92 Å². The first-order valence-electron chi connectivity index (χ1n) is 7.27. The molecule has 0 spiro atoms. The minimum Gasteiger partial charge on any atom is -0.411 e. The summed E-state index contributed by atoms with van der Waals surface area (Å²) in [6.07, 6.45) is 14.7. The van der Waals surface area contributed by atoms with Gasteiger partial charge in [-0.25, -0.2) is 0 Å². The number of hydrogen-bond donors (Lipinski definition) is 1. The highest BCUT2D eigenvalue weighted by Crippen LogP contribution is 2.31. The monoisotopic (exact) mass is 323 g/mol. The molecule has 6 heteroatoms. The zero-order chi connectivity index (χ0) is 14.9. The average molecular weight is 323 g/mol. The Morgan fingerprint density at radius 2 is 1.86 bits per heavy atom. The van der Waals surface area contributed by atoms with E-state index in [9.17, 15) is 5.21 Å². The average Bonchev–Trinajstić information content (AvgIpc) is 2.87. The second-order valence-corrected chi connectivity index (χ2v) is 7.55. The van der Waals surface area contributed by atoms with Gasteiger partial charge in [0.2, 0.25) is 0 Å². The summed E-state index contributed by atoms with van der Waals surface area (Å²) >= 11 is 3.26. The Morgan fingerprint density at radius 1 is 1.14 bits per heavy atom. The molecule has 0 aliphatic heterocycles. The van der Waals surface area contributed by atoms with Crippen LogP contribution in [0.25, 0.3) is 0 Å². The van der Waals surface area contributed by atoms with Crippen molar-refractivity contribution in [3.63, 3.8) is 0 Å². The molecule has 0 saturated heterocycles. The summed E-state index contributed by atoms with van der Waals surface area (Å²) in [5, 5.41) is 22.3. The fourth-order valence-electron chi connectivity index (χ4n) is 2.16. The van der Waals surface area contributed by atoms with Crippen LogP contribution < -0.4 is 0 Å². The molecular formula is C15H21N3OS2. The number of rotatable bonds is 2. The van der Waals surface area contributed by atoms with Crippen LogP contribution in [0.1, 0.15) is 43.5 Å². The molecule has 1 aliphatic carbocycles. The van der Waals surface area contributed by atoms with E-state index >= 15 is 0 Å². The molecule has 1 heterocycles. The van der Waals surface area contributed by atoms with E-state index in [4.69, 9.17) is 0 Å². The van der Waals surface area contributed by atoms with Gasteiger partial charge in [0.05, 0.1) is 11.0 Å². The van der Waals surface area contributed by atoms with Gasteiger partial charge in [0.25, 0.3) is 0 Å². The third-order valence-electron chi connectivity index (χ3n) is 3.25. The summed E-state index contributed by atoms with van der Waals surface area (Å²) < 4.78 is 0.949. The Balaban J connectivity index is 2.07. The summed E-state index contributed by atoms with van der Waals surface area (Å²) in [5.74, 6) is 0. The lowest BCUT2D eigenvalue weighted by molar-refractivity contribution is 0.316. The smallest absolute Gasteiger partial charge is 0.174 e. The first-order valence-corrected chi connectivity index (χ1v) is 8.97. The van der Waals surface area contributed by atoms with Crippen LogP contribution in [0.5, 0.6) is 0 Å². The maximum atomic E-state index is 9.35. The van der Waals surface area contributed by atoms with Crippen molar-refractivity contribution in [1.29, 1.82) is 0 Å². The molecule has 0 bridgehead atoms. The van der Waals surface area contributed by atoms with Gasteiger partial charge >= 0.3 is 0 Å². The standard InChI is InChI=1S/C15H21N3OS2/c1-12-16-17-15(20-12)21-14-11-9-7-5-3-2-4-6-8-10-13(14)18-19/h4-7,14,19H,2-3,8-11H2,1H3. The fourth-order valence-corrected chi connectivity index (χ4v) is 4.36. The number of oxime groups is 1. The molecule has 21 heavy (non-hydrogen) atoms. The molecule has 1 aromatic heterocycles. The van der Waals surface area contributed by atoms with Gasteiger partial charge in [-0.1, -0.05) is 52.6 Å². The Bertz CT molecular complexity index is 523. The highest BCUT2D eigenvalue weighted by atomic mass is 32.2. The Labute approximate surface area is 134 Å². The van der Waals surface area contributed by atoms with Crippen LogP contribution in [-0.2, 0) is 0 Å². The third-order valence-corrected chi connectivity index (χ3v) is 5.49. The van der Waals surface area contributed by atoms with Gasteiger partial charge < -0.3 is 5.21 Å². The lowest BCUT2D eigenvalue weighted by atomic mass is 10.1. The quantitative estimate of drug-likeness (QED) is 0.491. The van der Waals surface area contributed by atoms with Crippen LogP contribution in [-0.4, -0.2) is 26.4 Å². The lowest BCUT2D eigenvalue weighted by Crippen LogP contribution is -2.17.